The highest BCUT2D eigenvalue weighted by molar-refractivity contribution is 5.92. The van der Waals surface area contributed by atoms with E-state index in [1.807, 2.05) is 27.7 Å². The second kappa shape index (κ2) is 6.03. The lowest BCUT2D eigenvalue weighted by Gasteiger charge is -2.23. The quantitative estimate of drug-likeness (QED) is 0.787. The lowest BCUT2D eigenvalue weighted by atomic mass is 9.98. The summed E-state index contributed by atoms with van der Waals surface area (Å²) in [7, 11) is 0. The van der Waals surface area contributed by atoms with E-state index in [1.54, 1.807) is 12.2 Å². The molecule has 2 atom stereocenters. The van der Waals surface area contributed by atoms with Crippen LogP contribution in [0.2, 0.25) is 0 Å². The molecule has 0 aliphatic heterocycles. The Kier molecular flexibility index (Phi) is 4.93. The summed E-state index contributed by atoms with van der Waals surface area (Å²) in [5.41, 5.74) is -0.508. The molecule has 0 heterocycles. The molecular formula is C14H23NO3. The zero-order valence-corrected chi connectivity index (χ0v) is 11.7. The second-order valence-electron chi connectivity index (χ2n) is 5.69. The van der Waals surface area contributed by atoms with E-state index in [4.69, 9.17) is 4.74 Å². The Morgan fingerprint density at radius 1 is 1.28 bits per heavy atom. The lowest BCUT2D eigenvalue weighted by Crippen LogP contribution is -2.42. The Labute approximate surface area is 109 Å². The van der Waals surface area contributed by atoms with Crippen molar-refractivity contribution in [1.29, 1.82) is 0 Å². The molecule has 0 aromatic heterocycles. The number of amides is 1. The molecule has 1 rings (SSSR count). The first kappa shape index (κ1) is 14.7. The van der Waals surface area contributed by atoms with E-state index in [2.05, 4.69) is 5.32 Å². The molecule has 1 fully saturated rings. The van der Waals surface area contributed by atoms with E-state index < -0.39 is 11.7 Å². The number of rotatable bonds is 3. The fraction of sp³-hybridized carbons (Fsp3) is 0.714. The summed E-state index contributed by atoms with van der Waals surface area (Å²) in [6, 6.07) is -0.0939. The number of carbonyl (C=O) groups excluding carboxylic acids is 2. The Hall–Kier alpha value is -1.32. The predicted octanol–water partition coefficient (Wildman–Crippen LogP) is 2.83. The summed E-state index contributed by atoms with van der Waals surface area (Å²) in [5.74, 6) is -0.00947. The Morgan fingerprint density at radius 3 is 2.50 bits per heavy atom. The zero-order valence-electron chi connectivity index (χ0n) is 11.7. The Bertz CT molecular complexity index is 341. The maximum absolute atomic E-state index is 11.8. The monoisotopic (exact) mass is 253 g/mol. The molecule has 1 N–H and O–H groups in total. The van der Waals surface area contributed by atoms with Gasteiger partial charge >= 0.3 is 6.09 Å². The van der Waals surface area contributed by atoms with E-state index >= 15 is 0 Å². The summed E-state index contributed by atoms with van der Waals surface area (Å²) in [6.45, 7) is 7.29. The van der Waals surface area contributed by atoms with Crippen LogP contribution in [0.25, 0.3) is 0 Å². The van der Waals surface area contributed by atoms with Crippen molar-refractivity contribution in [1.82, 2.24) is 5.32 Å². The van der Waals surface area contributed by atoms with Gasteiger partial charge in [-0.25, -0.2) is 4.79 Å². The van der Waals surface area contributed by atoms with E-state index in [9.17, 15) is 9.59 Å². The van der Waals surface area contributed by atoms with Crippen LogP contribution in [0.4, 0.5) is 4.79 Å². The van der Waals surface area contributed by atoms with Gasteiger partial charge in [0.1, 0.15) is 5.60 Å². The van der Waals surface area contributed by atoms with Crippen LogP contribution < -0.4 is 5.32 Å². The van der Waals surface area contributed by atoms with Crippen LogP contribution in [0.15, 0.2) is 12.2 Å². The average molecular weight is 253 g/mol. The Morgan fingerprint density at radius 2 is 1.94 bits per heavy atom. The van der Waals surface area contributed by atoms with Crippen molar-refractivity contribution < 1.29 is 14.3 Å². The van der Waals surface area contributed by atoms with Gasteiger partial charge in [-0.3, -0.25) is 4.79 Å². The standard InChI is InChI=1S/C14H23NO3/c1-5-7-12(16)10-8-6-9-11(10)15-13(17)18-14(2,3)4/h5,7,10-11H,6,8-9H2,1-4H3,(H,15,17)/b7-5+/t10-,11+/m1/s1. The topological polar surface area (TPSA) is 55.4 Å². The highest BCUT2D eigenvalue weighted by Gasteiger charge is 2.33. The number of ether oxygens (including phenoxy) is 1. The van der Waals surface area contributed by atoms with Crippen LogP contribution in [-0.4, -0.2) is 23.5 Å². The molecule has 0 saturated heterocycles. The summed E-state index contributed by atoms with van der Waals surface area (Å²) in [4.78, 5) is 23.5. The third-order valence-corrected chi connectivity index (χ3v) is 2.91. The molecule has 18 heavy (non-hydrogen) atoms. The van der Waals surface area contributed by atoms with Gasteiger partial charge in [-0.15, -0.1) is 0 Å². The van der Waals surface area contributed by atoms with E-state index in [1.165, 1.54) is 0 Å². The number of nitrogens with one attached hydrogen (secondary N) is 1. The first-order valence-corrected chi connectivity index (χ1v) is 6.49. The SMILES string of the molecule is C/C=C/C(=O)[C@@H]1CCC[C@@H]1NC(=O)OC(C)(C)C. The van der Waals surface area contributed by atoms with Gasteiger partial charge in [0.05, 0.1) is 0 Å². The number of ketones is 1. The van der Waals surface area contributed by atoms with Crippen LogP contribution in [0.3, 0.4) is 0 Å². The average Bonchev–Trinajstić information content (AvgIpc) is 2.62. The molecular weight excluding hydrogens is 230 g/mol. The number of hydrogen-bond acceptors (Lipinski definition) is 3. The van der Waals surface area contributed by atoms with Crippen molar-refractivity contribution >= 4 is 11.9 Å². The van der Waals surface area contributed by atoms with Crippen LogP contribution in [-0.2, 0) is 9.53 Å². The first-order valence-electron chi connectivity index (χ1n) is 6.49. The van der Waals surface area contributed by atoms with Crippen molar-refractivity contribution in [2.24, 2.45) is 5.92 Å². The molecule has 0 spiro atoms. The van der Waals surface area contributed by atoms with Gasteiger partial charge < -0.3 is 10.1 Å². The van der Waals surface area contributed by atoms with Crippen molar-refractivity contribution in [2.75, 3.05) is 0 Å². The minimum absolute atomic E-state index is 0.0936. The van der Waals surface area contributed by atoms with E-state index in [0.29, 0.717) is 0 Å². The molecule has 4 nitrogen and oxygen atoms in total. The predicted molar refractivity (Wildman–Crippen MR) is 70.3 cm³/mol. The molecule has 1 amide bonds. The molecule has 1 saturated carbocycles. The third-order valence-electron chi connectivity index (χ3n) is 2.91. The second-order valence-corrected chi connectivity index (χ2v) is 5.69. The first-order chi connectivity index (χ1) is 8.33. The molecule has 0 bridgehead atoms. The number of alkyl carbamates (subject to hydrolysis) is 1. The van der Waals surface area contributed by atoms with Crippen molar-refractivity contribution in [3.8, 4) is 0 Å². The fourth-order valence-corrected chi connectivity index (χ4v) is 2.22. The van der Waals surface area contributed by atoms with E-state index in [0.717, 1.165) is 19.3 Å². The van der Waals surface area contributed by atoms with Gasteiger partial charge in [0.15, 0.2) is 5.78 Å². The third kappa shape index (κ3) is 4.51. The molecule has 102 valence electrons. The zero-order chi connectivity index (χ0) is 13.8. The summed E-state index contributed by atoms with van der Waals surface area (Å²) in [6.07, 6.45) is 5.53. The molecule has 0 unspecified atom stereocenters. The summed E-state index contributed by atoms with van der Waals surface area (Å²) in [5, 5.41) is 2.81. The van der Waals surface area contributed by atoms with Gasteiger partial charge in [0.2, 0.25) is 0 Å². The Balaban J connectivity index is 2.55. The van der Waals surface area contributed by atoms with Crippen molar-refractivity contribution in [3.05, 3.63) is 12.2 Å². The maximum atomic E-state index is 11.8. The number of carbonyl (C=O) groups is 2. The largest absolute Gasteiger partial charge is 0.444 e. The smallest absolute Gasteiger partial charge is 0.407 e. The van der Waals surface area contributed by atoms with Gasteiger partial charge in [-0.1, -0.05) is 12.5 Å². The van der Waals surface area contributed by atoms with Crippen LogP contribution >= 0.6 is 0 Å². The molecule has 0 aromatic carbocycles. The fourth-order valence-electron chi connectivity index (χ4n) is 2.22. The lowest BCUT2D eigenvalue weighted by molar-refractivity contribution is -0.118. The minimum atomic E-state index is -0.508. The van der Waals surface area contributed by atoms with Crippen molar-refractivity contribution in [2.45, 2.75) is 58.6 Å². The highest BCUT2D eigenvalue weighted by atomic mass is 16.6. The van der Waals surface area contributed by atoms with Crippen LogP contribution in [0, 0.1) is 5.92 Å². The normalized spacial score (nSPS) is 24.2. The summed E-state index contributed by atoms with van der Waals surface area (Å²) < 4.78 is 5.21. The molecule has 0 radical (unpaired) electrons. The van der Waals surface area contributed by atoms with E-state index in [-0.39, 0.29) is 17.7 Å². The number of hydrogen-bond donors (Lipinski definition) is 1. The van der Waals surface area contributed by atoms with Crippen LogP contribution in [0.1, 0.15) is 47.0 Å². The molecule has 4 heteroatoms. The minimum Gasteiger partial charge on any atom is -0.444 e. The van der Waals surface area contributed by atoms with Gasteiger partial charge in [0.25, 0.3) is 0 Å². The van der Waals surface area contributed by atoms with Crippen molar-refractivity contribution in [3.63, 3.8) is 0 Å². The maximum Gasteiger partial charge on any atom is 0.407 e. The van der Waals surface area contributed by atoms with Gasteiger partial charge in [-0.05, 0) is 46.6 Å². The van der Waals surface area contributed by atoms with Gasteiger partial charge in [-0.2, -0.15) is 0 Å². The molecule has 1 aliphatic carbocycles. The van der Waals surface area contributed by atoms with Crippen LogP contribution in [0.5, 0.6) is 0 Å². The highest BCUT2D eigenvalue weighted by Crippen LogP contribution is 2.27. The number of allylic oxidation sites excluding steroid dienone is 2. The molecule has 1 aliphatic rings. The summed E-state index contributed by atoms with van der Waals surface area (Å²) >= 11 is 0. The molecule has 0 aromatic rings. The van der Waals surface area contributed by atoms with Gasteiger partial charge in [0, 0.05) is 12.0 Å².